The molecule has 9 nitrogen and oxygen atoms in total. The van der Waals surface area contributed by atoms with Crippen molar-refractivity contribution in [2.75, 3.05) is 13.2 Å². The third kappa shape index (κ3) is 44.7. The van der Waals surface area contributed by atoms with Crippen LogP contribution in [0, 0.1) is 0 Å². The number of ether oxygens (including phenoxy) is 2. The minimum absolute atomic E-state index is 0.138. The van der Waals surface area contributed by atoms with E-state index in [0.29, 0.717) is 12.8 Å². The fourth-order valence-electron chi connectivity index (χ4n) is 10.3. The fourth-order valence-corrected chi connectivity index (χ4v) is 10.3. The van der Waals surface area contributed by atoms with Crippen LogP contribution < -0.4 is 5.32 Å². The van der Waals surface area contributed by atoms with Crippen LogP contribution in [-0.2, 0) is 14.3 Å². The van der Waals surface area contributed by atoms with Gasteiger partial charge in [0.25, 0.3) is 0 Å². The molecule has 1 amide bonds. The van der Waals surface area contributed by atoms with Crippen molar-refractivity contribution in [2.24, 2.45) is 0 Å². The largest absolute Gasteiger partial charge is 0.394 e. The van der Waals surface area contributed by atoms with Crippen LogP contribution in [0.15, 0.2) is 60.8 Å². The number of nitrogens with one attached hydrogen (secondary N) is 1. The van der Waals surface area contributed by atoms with Crippen molar-refractivity contribution in [3.63, 3.8) is 0 Å². The number of aliphatic hydroxyl groups excluding tert-OH is 5. The van der Waals surface area contributed by atoms with Crippen molar-refractivity contribution < 1.29 is 39.8 Å². The van der Waals surface area contributed by atoms with Crippen molar-refractivity contribution in [3.05, 3.63) is 60.8 Å². The second-order valence-corrected chi connectivity index (χ2v) is 22.5. The smallest absolute Gasteiger partial charge is 0.220 e. The maximum absolute atomic E-state index is 13.1. The highest BCUT2D eigenvalue weighted by atomic mass is 16.7. The molecule has 0 aromatic rings. The van der Waals surface area contributed by atoms with Gasteiger partial charge in [0.15, 0.2) is 6.29 Å². The number of carbonyl (C=O) groups excluding carboxylic acids is 1. The number of hydrogen-bond acceptors (Lipinski definition) is 8. The Balaban J connectivity index is 2.15. The van der Waals surface area contributed by atoms with E-state index in [4.69, 9.17) is 9.47 Å². The molecular formula is C67H123NO8. The third-order valence-corrected chi connectivity index (χ3v) is 15.4. The summed E-state index contributed by atoms with van der Waals surface area (Å²) >= 11 is 0. The summed E-state index contributed by atoms with van der Waals surface area (Å²) in [5, 5.41) is 54.9. The van der Waals surface area contributed by atoms with Crippen LogP contribution >= 0.6 is 0 Å². The number of carbonyl (C=O) groups is 1. The second kappa shape index (κ2) is 56.2. The van der Waals surface area contributed by atoms with Gasteiger partial charge in [-0.2, -0.15) is 0 Å². The van der Waals surface area contributed by atoms with Crippen LogP contribution in [-0.4, -0.2) is 87.5 Å². The van der Waals surface area contributed by atoms with E-state index in [0.717, 1.165) is 70.6 Å². The van der Waals surface area contributed by atoms with Crippen LogP contribution in [0.5, 0.6) is 0 Å². The minimum atomic E-state index is -1.56. The van der Waals surface area contributed by atoms with Gasteiger partial charge in [-0.05, 0) is 57.8 Å². The zero-order chi connectivity index (χ0) is 55.0. The summed E-state index contributed by atoms with van der Waals surface area (Å²) in [6.45, 7) is 3.76. The van der Waals surface area contributed by atoms with Gasteiger partial charge in [0.1, 0.15) is 24.4 Å². The van der Waals surface area contributed by atoms with Gasteiger partial charge in [0, 0.05) is 6.42 Å². The molecule has 6 N–H and O–H groups in total. The molecule has 9 heteroatoms. The molecule has 0 aromatic carbocycles. The molecule has 0 saturated carbocycles. The zero-order valence-electron chi connectivity index (χ0n) is 49.5. The number of allylic oxidation sites excluding steroid dienone is 10. The van der Waals surface area contributed by atoms with Gasteiger partial charge in [-0.25, -0.2) is 0 Å². The lowest BCUT2D eigenvalue weighted by atomic mass is 9.99. The Hall–Kier alpha value is -2.11. The Bertz CT molecular complexity index is 1380. The Morgan fingerprint density at radius 1 is 0.461 bits per heavy atom. The summed E-state index contributed by atoms with van der Waals surface area (Å²) in [5.74, 6) is -0.143. The maximum Gasteiger partial charge on any atom is 0.220 e. The van der Waals surface area contributed by atoms with E-state index in [2.05, 4.69) is 79.9 Å². The highest BCUT2D eigenvalue weighted by molar-refractivity contribution is 5.76. The Kier molecular flexibility index (Phi) is 53.1. The molecule has 0 radical (unpaired) electrons. The van der Waals surface area contributed by atoms with Crippen LogP contribution in [0.3, 0.4) is 0 Å². The molecule has 0 bridgehead atoms. The molecule has 1 saturated heterocycles. The standard InChI is InChI=1S/C67H123NO8/c1-3-5-7-9-11-13-15-17-19-21-23-25-27-29-30-31-32-33-35-37-39-41-43-45-47-49-51-53-55-57-63(71)68-60(59-75-67-66(74)65(73)64(72)62(58-69)76-67)61(70)56-54-52-50-48-46-44-42-40-38-36-34-28-26-24-22-20-18-16-14-12-10-8-6-4-2/h5,7,11,13,17,19,23,25,29-30,60-62,64-67,69-70,72-74H,3-4,6,8-10,12,14-16,18,20-22,24,26-28,31-59H2,1-2H3,(H,68,71)/b7-5-,13-11-,19-17-,25-23-,30-29-. The van der Waals surface area contributed by atoms with E-state index in [1.165, 1.54) is 205 Å². The quantitative estimate of drug-likeness (QED) is 0.0261. The minimum Gasteiger partial charge on any atom is -0.394 e. The Morgan fingerprint density at radius 3 is 1.21 bits per heavy atom. The van der Waals surface area contributed by atoms with Gasteiger partial charge in [0.05, 0.1) is 25.4 Å². The summed E-state index contributed by atoms with van der Waals surface area (Å²) < 4.78 is 11.4. The molecule has 7 unspecified atom stereocenters. The SMILES string of the molecule is CC/C=C\C/C=C\C/C=C\C/C=C\C/C=C\CCCCCCCCCCCCCCCC(=O)NC(COC1OC(CO)C(O)C(O)C1O)C(O)CCCCCCCCCCCCCCCCCCCCCCCCCC. The van der Waals surface area contributed by atoms with E-state index in [9.17, 15) is 30.3 Å². The molecule has 0 aromatic heterocycles. The van der Waals surface area contributed by atoms with E-state index >= 15 is 0 Å². The average molecular weight is 1070 g/mol. The highest BCUT2D eigenvalue weighted by Crippen LogP contribution is 2.23. The van der Waals surface area contributed by atoms with Crippen molar-refractivity contribution in [1.82, 2.24) is 5.32 Å². The van der Waals surface area contributed by atoms with Gasteiger partial charge < -0.3 is 40.3 Å². The van der Waals surface area contributed by atoms with E-state index in [-0.39, 0.29) is 12.5 Å². The molecule has 76 heavy (non-hydrogen) atoms. The van der Waals surface area contributed by atoms with Crippen LogP contribution in [0.1, 0.15) is 303 Å². The summed E-state index contributed by atoms with van der Waals surface area (Å²) in [7, 11) is 0. The zero-order valence-corrected chi connectivity index (χ0v) is 49.5. The molecule has 444 valence electrons. The van der Waals surface area contributed by atoms with Crippen molar-refractivity contribution in [1.29, 1.82) is 0 Å². The Morgan fingerprint density at radius 2 is 0.816 bits per heavy atom. The van der Waals surface area contributed by atoms with Gasteiger partial charge in [-0.15, -0.1) is 0 Å². The third-order valence-electron chi connectivity index (χ3n) is 15.4. The van der Waals surface area contributed by atoms with Crippen LogP contribution in [0.25, 0.3) is 0 Å². The molecule has 7 atom stereocenters. The molecule has 0 aliphatic carbocycles. The average Bonchev–Trinajstić information content (AvgIpc) is 3.42. The lowest BCUT2D eigenvalue weighted by molar-refractivity contribution is -0.302. The summed E-state index contributed by atoms with van der Waals surface area (Å²) in [6.07, 6.45) is 69.8. The van der Waals surface area contributed by atoms with E-state index in [1.54, 1.807) is 0 Å². The predicted octanol–water partition coefficient (Wildman–Crippen LogP) is 17.0. The summed E-state index contributed by atoms with van der Waals surface area (Å²) in [4.78, 5) is 13.1. The normalized spacial score (nSPS) is 19.2. The lowest BCUT2D eigenvalue weighted by Crippen LogP contribution is -2.60. The van der Waals surface area contributed by atoms with Crippen molar-refractivity contribution >= 4 is 5.91 Å². The number of amides is 1. The first kappa shape index (κ1) is 71.9. The number of rotatable bonds is 56. The lowest BCUT2D eigenvalue weighted by Gasteiger charge is -2.40. The van der Waals surface area contributed by atoms with Crippen LogP contribution in [0.4, 0.5) is 0 Å². The van der Waals surface area contributed by atoms with Crippen LogP contribution in [0.2, 0.25) is 0 Å². The van der Waals surface area contributed by atoms with Gasteiger partial charge in [0.2, 0.25) is 5.91 Å². The number of hydrogen-bond donors (Lipinski definition) is 6. The molecule has 1 aliphatic heterocycles. The highest BCUT2D eigenvalue weighted by Gasteiger charge is 2.44. The number of unbranched alkanes of at least 4 members (excludes halogenated alkanes) is 36. The summed E-state index contributed by atoms with van der Waals surface area (Å²) in [6, 6.07) is -0.723. The van der Waals surface area contributed by atoms with Gasteiger partial charge >= 0.3 is 0 Å². The predicted molar refractivity (Wildman–Crippen MR) is 322 cm³/mol. The second-order valence-electron chi connectivity index (χ2n) is 22.5. The molecule has 1 heterocycles. The van der Waals surface area contributed by atoms with Gasteiger partial charge in [-0.1, -0.05) is 299 Å². The molecule has 1 rings (SSSR count). The first-order valence-electron chi connectivity index (χ1n) is 32.5. The Labute approximate surface area is 468 Å². The molecular weight excluding hydrogens is 947 g/mol. The van der Waals surface area contributed by atoms with Crippen molar-refractivity contribution in [3.8, 4) is 0 Å². The number of aliphatic hydroxyl groups is 5. The first-order valence-corrected chi connectivity index (χ1v) is 32.5. The van der Waals surface area contributed by atoms with E-state index in [1.807, 2.05) is 0 Å². The molecule has 0 spiro atoms. The summed E-state index contributed by atoms with van der Waals surface area (Å²) in [5.41, 5.74) is 0. The molecule has 1 aliphatic rings. The molecule has 1 fully saturated rings. The van der Waals surface area contributed by atoms with Gasteiger partial charge in [-0.3, -0.25) is 4.79 Å². The monoisotopic (exact) mass is 1070 g/mol. The maximum atomic E-state index is 13.1. The fraction of sp³-hybridized carbons (Fsp3) is 0.836. The van der Waals surface area contributed by atoms with Crippen molar-refractivity contribution in [2.45, 2.75) is 346 Å². The first-order chi connectivity index (χ1) is 37.3. The van der Waals surface area contributed by atoms with E-state index < -0.39 is 49.5 Å². The topological polar surface area (TPSA) is 149 Å².